The summed E-state index contributed by atoms with van der Waals surface area (Å²) in [4.78, 5) is 0. The Hall–Kier alpha value is -0.540. The van der Waals surface area contributed by atoms with E-state index in [1.165, 1.54) is 89.9 Å². The van der Waals surface area contributed by atoms with E-state index in [4.69, 9.17) is 4.74 Å². The van der Waals surface area contributed by atoms with Crippen LogP contribution in [0.3, 0.4) is 0 Å². The summed E-state index contributed by atoms with van der Waals surface area (Å²) in [6.07, 6.45) is 23.6. The number of hydrogen-bond donors (Lipinski definition) is 2. The van der Waals surface area contributed by atoms with E-state index in [1.54, 1.807) is 13.2 Å². The van der Waals surface area contributed by atoms with Crippen LogP contribution in [0.5, 0.6) is 0 Å². The number of nitrogens with one attached hydrogen (secondary N) is 1. The van der Waals surface area contributed by atoms with Gasteiger partial charge in [-0.3, -0.25) is 5.32 Å². The van der Waals surface area contributed by atoms with Crippen LogP contribution in [-0.4, -0.2) is 23.5 Å². The van der Waals surface area contributed by atoms with Gasteiger partial charge in [-0.2, -0.15) is 0 Å². The van der Waals surface area contributed by atoms with Gasteiger partial charge in [-0.15, -0.1) is 0 Å². The van der Waals surface area contributed by atoms with Crippen molar-refractivity contribution in [1.82, 2.24) is 5.32 Å². The molecule has 0 saturated carbocycles. The molecule has 0 aromatic rings. The molecular weight excluding hydrogens is 334 g/mol. The third kappa shape index (κ3) is 20.0. The highest BCUT2D eigenvalue weighted by molar-refractivity contribution is 4.76. The zero-order valence-corrected chi connectivity index (χ0v) is 18.8. The SMILES string of the molecule is CCCCCCCCCCCCCCCCC=COC(NC(C)C)C(C)O. The molecule has 0 fully saturated rings. The number of rotatable bonds is 20. The van der Waals surface area contributed by atoms with Crippen LogP contribution < -0.4 is 5.32 Å². The van der Waals surface area contributed by atoms with Gasteiger partial charge in [-0.1, -0.05) is 90.4 Å². The van der Waals surface area contributed by atoms with Crippen molar-refractivity contribution >= 4 is 0 Å². The van der Waals surface area contributed by atoms with Crippen LogP contribution in [0.1, 0.15) is 124 Å². The van der Waals surface area contributed by atoms with Crippen LogP contribution in [-0.2, 0) is 4.74 Å². The molecule has 0 saturated heterocycles. The number of hydrogen-bond acceptors (Lipinski definition) is 3. The van der Waals surface area contributed by atoms with Crippen LogP contribution in [0.4, 0.5) is 0 Å². The molecule has 0 amide bonds. The van der Waals surface area contributed by atoms with E-state index in [9.17, 15) is 5.11 Å². The Morgan fingerprint density at radius 3 is 1.59 bits per heavy atom. The standard InChI is InChI=1S/C24H49NO2/c1-5-6-7-8-9-10-11-12-13-14-15-16-17-18-19-20-21-27-24(23(4)26)25-22(2)3/h20-26H,5-19H2,1-4H3. The molecule has 0 aliphatic carbocycles. The summed E-state index contributed by atoms with van der Waals surface area (Å²) in [5.74, 6) is 0. The first-order valence-corrected chi connectivity index (χ1v) is 11.8. The van der Waals surface area contributed by atoms with Crippen LogP contribution in [0, 0.1) is 0 Å². The Labute approximate surface area is 170 Å². The number of aliphatic hydroxyl groups is 1. The lowest BCUT2D eigenvalue weighted by molar-refractivity contribution is -0.00668. The first-order valence-electron chi connectivity index (χ1n) is 11.8. The molecule has 2 unspecified atom stereocenters. The van der Waals surface area contributed by atoms with Crippen LogP contribution in [0.25, 0.3) is 0 Å². The lowest BCUT2D eigenvalue weighted by Gasteiger charge is -2.23. The summed E-state index contributed by atoms with van der Waals surface area (Å²) in [7, 11) is 0. The van der Waals surface area contributed by atoms with E-state index in [1.807, 2.05) is 0 Å². The Bertz CT molecular complexity index is 316. The summed E-state index contributed by atoms with van der Waals surface area (Å²) >= 11 is 0. The Kier molecular flexibility index (Phi) is 19.8. The van der Waals surface area contributed by atoms with Crippen molar-refractivity contribution in [2.45, 2.75) is 142 Å². The Morgan fingerprint density at radius 2 is 1.19 bits per heavy atom. The topological polar surface area (TPSA) is 41.5 Å². The second-order valence-corrected chi connectivity index (χ2v) is 8.38. The van der Waals surface area contributed by atoms with Gasteiger partial charge in [0.05, 0.1) is 6.26 Å². The Morgan fingerprint density at radius 1 is 0.741 bits per heavy atom. The number of aliphatic hydroxyl groups excluding tert-OH is 1. The lowest BCUT2D eigenvalue weighted by Crippen LogP contribution is -2.43. The van der Waals surface area contributed by atoms with Crippen LogP contribution in [0.2, 0.25) is 0 Å². The normalized spacial score (nSPS) is 14.1. The van der Waals surface area contributed by atoms with Crippen molar-refractivity contribution in [1.29, 1.82) is 0 Å². The molecule has 0 aliphatic rings. The monoisotopic (exact) mass is 383 g/mol. The van der Waals surface area contributed by atoms with Crippen molar-refractivity contribution in [2.24, 2.45) is 0 Å². The van der Waals surface area contributed by atoms with Crippen molar-refractivity contribution < 1.29 is 9.84 Å². The summed E-state index contributed by atoms with van der Waals surface area (Å²) in [5.41, 5.74) is 0. The quantitative estimate of drug-likeness (QED) is 0.134. The van der Waals surface area contributed by atoms with Gasteiger partial charge in [0, 0.05) is 6.04 Å². The number of allylic oxidation sites excluding steroid dienone is 1. The third-order valence-corrected chi connectivity index (χ3v) is 4.98. The molecular formula is C24H49NO2. The molecule has 0 radical (unpaired) electrons. The summed E-state index contributed by atoms with van der Waals surface area (Å²) in [6, 6.07) is 0.295. The summed E-state index contributed by atoms with van der Waals surface area (Å²) in [5, 5.41) is 12.9. The maximum atomic E-state index is 9.67. The van der Waals surface area contributed by atoms with Gasteiger partial charge in [0.15, 0.2) is 6.23 Å². The maximum absolute atomic E-state index is 9.67. The lowest BCUT2D eigenvalue weighted by atomic mass is 10.0. The summed E-state index contributed by atoms with van der Waals surface area (Å²) < 4.78 is 5.59. The predicted molar refractivity (Wildman–Crippen MR) is 119 cm³/mol. The van der Waals surface area contributed by atoms with Gasteiger partial charge in [-0.05, 0) is 39.7 Å². The molecule has 27 heavy (non-hydrogen) atoms. The molecule has 0 aromatic carbocycles. The fourth-order valence-corrected chi connectivity index (χ4v) is 3.29. The molecule has 162 valence electrons. The largest absolute Gasteiger partial charge is 0.481 e. The zero-order chi connectivity index (χ0) is 20.2. The fourth-order valence-electron chi connectivity index (χ4n) is 3.29. The molecule has 0 rings (SSSR count). The van der Waals surface area contributed by atoms with Crippen LogP contribution in [0.15, 0.2) is 12.3 Å². The average Bonchev–Trinajstić information content (AvgIpc) is 2.62. The molecule has 0 heterocycles. The van der Waals surface area contributed by atoms with E-state index in [0.717, 1.165) is 6.42 Å². The first kappa shape index (κ1) is 26.5. The number of unbranched alkanes of at least 4 members (excludes halogenated alkanes) is 14. The molecule has 3 nitrogen and oxygen atoms in total. The van der Waals surface area contributed by atoms with Crippen molar-refractivity contribution in [2.75, 3.05) is 0 Å². The van der Waals surface area contributed by atoms with Crippen molar-refractivity contribution in [3.63, 3.8) is 0 Å². The molecule has 3 heteroatoms. The smallest absolute Gasteiger partial charge is 0.175 e. The van der Waals surface area contributed by atoms with Crippen molar-refractivity contribution in [3.8, 4) is 0 Å². The van der Waals surface area contributed by atoms with Gasteiger partial charge < -0.3 is 9.84 Å². The minimum Gasteiger partial charge on any atom is -0.481 e. The first-order chi connectivity index (χ1) is 13.1. The highest BCUT2D eigenvalue weighted by Gasteiger charge is 2.14. The molecule has 0 bridgehead atoms. The highest BCUT2D eigenvalue weighted by Crippen LogP contribution is 2.13. The van der Waals surface area contributed by atoms with Crippen molar-refractivity contribution in [3.05, 3.63) is 12.3 Å². The maximum Gasteiger partial charge on any atom is 0.175 e. The van der Waals surface area contributed by atoms with Gasteiger partial charge >= 0.3 is 0 Å². The second-order valence-electron chi connectivity index (χ2n) is 8.38. The average molecular weight is 384 g/mol. The predicted octanol–water partition coefficient (Wildman–Crippen LogP) is 7.09. The van der Waals surface area contributed by atoms with E-state index in [-0.39, 0.29) is 6.23 Å². The van der Waals surface area contributed by atoms with Gasteiger partial charge in [0.25, 0.3) is 0 Å². The van der Waals surface area contributed by atoms with Gasteiger partial charge in [-0.25, -0.2) is 0 Å². The minimum absolute atomic E-state index is 0.295. The van der Waals surface area contributed by atoms with Crippen LogP contribution >= 0.6 is 0 Å². The zero-order valence-electron chi connectivity index (χ0n) is 18.8. The highest BCUT2D eigenvalue weighted by atomic mass is 16.5. The van der Waals surface area contributed by atoms with E-state index < -0.39 is 6.10 Å². The third-order valence-electron chi connectivity index (χ3n) is 4.98. The molecule has 0 spiro atoms. The minimum atomic E-state index is -0.516. The number of ether oxygens (including phenoxy) is 1. The van der Waals surface area contributed by atoms with Gasteiger partial charge in [0.1, 0.15) is 6.10 Å². The van der Waals surface area contributed by atoms with E-state index >= 15 is 0 Å². The Balaban J connectivity index is 3.32. The molecule has 0 aliphatic heterocycles. The fraction of sp³-hybridized carbons (Fsp3) is 0.917. The molecule has 2 atom stereocenters. The molecule has 2 N–H and O–H groups in total. The van der Waals surface area contributed by atoms with E-state index in [0.29, 0.717) is 6.04 Å². The van der Waals surface area contributed by atoms with E-state index in [2.05, 4.69) is 32.2 Å². The van der Waals surface area contributed by atoms with Gasteiger partial charge in [0.2, 0.25) is 0 Å². The second kappa shape index (κ2) is 20.2. The summed E-state index contributed by atoms with van der Waals surface area (Å²) in [6.45, 7) is 8.14. The molecule has 0 aromatic heterocycles.